The second kappa shape index (κ2) is 6.48. The summed E-state index contributed by atoms with van der Waals surface area (Å²) in [5.41, 5.74) is 0.599. The van der Waals surface area contributed by atoms with Crippen molar-refractivity contribution in [2.24, 2.45) is 5.92 Å². The number of ether oxygens (including phenoxy) is 1. The Balaban J connectivity index is 2.19. The molecule has 0 aromatic carbocycles. The van der Waals surface area contributed by atoms with E-state index in [-0.39, 0.29) is 29.5 Å². The van der Waals surface area contributed by atoms with Gasteiger partial charge >= 0.3 is 0 Å². The van der Waals surface area contributed by atoms with Crippen LogP contribution >= 0.6 is 0 Å². The Bertz CT molecular complexity index is 574. The van der Waals surface area contributed by atoms with Crippen molar-refractivity contribution in [2.45, 2.75) is 50.8 Å². The molecule has 7 heteroatoms. The van der Waals surface area contributed by atoms with Crippen LogP contribution in [0.4, 0.5) is 0 Å². The van der Waals surface area contributed by atoms with Gasteiger partial charge in [0.15, 0.2) is 0 Å². The highest BCUT2D eigenvalue weighted by Gasteiger charge is 2.27. The summed E-state index contributed by atoms with van der Waals surface area (Å²) in [6.45, 7) is 6.86. The predicted molar refractivity (Wildman–Crippen MR) is 79.4 cm³/mol. The molecule has 2 unspecified atom stereocenters. The Hall–Kier alpha value is -0.890. The van der Waals surface area contributed by atoms with Crippen LogP contribution in [0.5, 0.6) is 0 Å². The largest absolute Gasteiger partial charge is 0.390 e. The Morgan fingerprint density at radius 3 is 2.67 bits per heavy atom. The smallest absolute Gasteiger partial charge is 0.242 e. The molecule has 2 N–H and O–H groups in total. The molecule has 2 rings (SSSR count). The van der Waals surface area contributed by atoms with Crippen LogP contribution in [0.25, 0.3) is 0 Å². The molecule has 0 amide bonds. The van der Waals surface area contributed by atoms with Gasteiger partial charge in [0.05, 0.1) is 18.1 Å². The van der Waals surface area contributed by atoms with Gasteiger partial charge in [0, 0.05) is 36.5 Å². The fourth-order valence-electron chi connectivity index (χ4n) is 2.61. The van der Waals surface area contributed by atoms with Gasteiger partial charge in [-0.25, -0.2) is 13.1 Å². The SMILES string of the molecule is CC(NS(=O)(=O)c1cc(CO)n(C(C)C)c1)C1CCOC1. The van der Waals surface area contributed by atoms with Crippen molar-refractivity contribution in [1.82, 2.24) is 9.29 Å². The lowest BCUT2D eigenvalue weighted by atomic mass is 10.0. The molecule has 2 heterocycles. The Labute approximate surface area is 126 Å². The minimum atomic E-state index is -3.58. The maximum Gasteiger partial charge on any atom is 0.242 e. The summed E-state index contributed by atoms with van der Waals surface area (Å²) < 4.78 is 34.7. The summed E-state index contributed by atoms with van der Waals surface area (Å²) in [5, 5.41) is 9.35. The highest BCUT2D eigenvalue weighted by Crippen LogP contribution is 2.22. The van der Waals surface area contributed by atoms with Gasteiger partial charge < -0.3 is 14.4 Å². The van der Waals surface area contributed by atoms with E-state index < -0.39 is 10.0 Å². The first kappa shape index (κ1) is 16.5. The van der Waals surface area contributed by atoms with Gasteiger partial charge in [-0.3, -0.25) is 0 Å². The second-order valence-electron chi connectivity index (χ2n) is 5.86. The first-order valence-corrected chi connectivity index (χ1v) is 8.75. The standard InChI is InChI=1S/C14H24N2O4S/c1-10(2)16-7-14(6-13(16)8-17)21(18,19)15-11(3)12-4-5-20-9-12/h6-7,10-12,15,17H,4-5,8-9H2,1-3H3. The Morgan fingerprint density at radius 1 is 1.48 bits per heavy atom. The van der Waals surface area contributed by atoms with Crippen molar-refractivity contribution >= 4 is 10.0 Å². The van der Waals surface area contributed by atoms with E-state index in [0.29, 0.717) is 18.9 Å². The summed E-state index contributed by atoms with van der Waals surface area (Å²) in [7, 11) is -3.58. The average Bonchev–Trinajstić information content (AvgIpc) is 3.07. The van der Waals surface area contributed by atoms with Gasteiger partial charge in [0.2, 0.25) is 10.0 Å². The van der Waals surface area contributed by atoms with Crippen LogP contribution < -0.4 is 4.72 Å². The van der Waals surface area contributed by atoms with E-state index in [0.717, 1.165) is 6.42 Å². The van der Waals surface area contributed by atoms with Crippen LogP contribution in [0.15, 0.2) is 17.2 Å². The number of aliphatic hydroxyl groups excluding tert-OH is 1. The predicted octanol–water partition coefficient (Wildman–Crippen LogP) is 1.26. The van der Waals surface area contributed by atoms with Crippen LogP contribution in [0.3, 0.4) is 0 Å². The molecule has 2 atom stereocenters. The molecule has 0 spiro atoms. The number of aliphatic hydroxyl groups is 1. The fourth-order valence-corrected chi connectivity index (χ4v) is 3.97. The van der Waals surface area contributed by atoms with Gasteiger partial charge in [0.25, 0.3) is 0 Å². The van der Waals surface area contributed by atoms with Crippen molar-refractivity contribution in [3.05, 3.63) is 18.0 Å². The molecule has 1 aliphatic rings. The summed E-state index contributed by atoms with van der Waals surface area (Å²) in [6, 6.07) is 1.45. The van der Waals surface area contributed by atoms with E-state index in [9.17, 15) is 13.5 Å². The van der Waals surface area contributed by atoms with E-state index in [1.165, 1.54) is 6.07 Å². The van der Waals surface area contributed by atoms with Crippen molar-refractivity contribution in [3.8, 4) is 0 Å². The molecule has 0 bridgehead atoms. The van der Waals surface area contributed by atoms with Crippen LogP contribution in [-0.2, 0) is 21.4 Å². The summed E-state index contributed by atoms with van der Waals surface area (Å²) in [5.74, 6) is 0.212. The lowest BCUT2D eigenvalue weighted by Crippen LogP contribution is -2.38. The third-order valence-corrected chi connectivity index (χ3v) is 5.47. The Morgan fingerprint density at radius 2 is 2.19 bits per heavy atom. The molecule has 0 radical (unpaired) electrons. The molecule has 120 valence electrons. The number of rotatable bonds is 6. The van der Waals surface area contributed by atoms with Gasteiger partial charge in [-0.15, -0.1) is 0 Å². The first-order valence-electron chi connectivity index (χ1n) is 7.27. The normalized spacial score (nSPS) is 21.1. The van der Waals surface area contributed by atoms with Crippen molar-refractivity contribution < 1.29 is 18.3 Å². The lowest BCUT2D eigenvalue weighted by Gasteiger charge is -2.18. The van der Waals surface area contributed by atoms with Gasteiger partial charge in [-0.05, 0) is 33.3 Å². The Kier molecular flexibility index (Phi) is 5.08. The van der Waals surface area contributed by atoms with E-state index in [2.05, 4.69) is 4.72 Å². The molecule has 0 aliphatic carbocycles. The highest BCUT2D eigenvalue weighted by molar-refractivity contribution is 7.89. The van der Waals surface area contributed by atoms with Crippen molar-refractivity contribution in [2.75, 3.05) is 13.2 Å². The molecule has 1 aliphatic heterocycles. The molecule has 1 saturated heterocycles. The minimum absolute atomic E-state index is 0.0942. The molecule has 21 heavy (non-hydrogen) atoms. The summed E-state index contributed by atoms with van der Waals surface area (Å²) in [6.07, 6.45) is 2.45. The molecular formula is C14H24N2O4S. The first-order chi connectivity index (χ1) is 9.85. The van der Waals surface area contributed by atoms with E-state index in [1.54, 1.807) is 10.8 Å². The third kappa shape index (κ3) is 3.66. The number of nitrogens with one attached hydrogen (secondary N) is 1. The number of sulfonamides is 1. The fraction of sp³-hybridized carbons (Fsp3) is 0.714. The van der Waals surface area contributed by atoms with E-state index >= 15 is 0 Å². The van der Waals surface area contributed by atoms with Gasteiger partial charge in [0.1, 0.15) is 0 Å². The summed E-state index contributed by atoms with van der Waals surface area (Å²) >= 11 is 0. The van der Waals surface area contributed by atoms with Crippen molar-refractivity contribution in [3.63, 3.8) is 0 Å². The molecule has 6 nitrogen and oxygen atoms in total. The maximum atomic E-state index is 12.5. The summed E-state index contributed by atoms with van der Waals surface area (Å²) in [4.78, 5) is 0.200. The zero-order valence-electron chi connectivity index (χ0n) is 12.7. The average molecular weight is 316 g/mol. The zero-order chi connectivity index (χ0) is 15.6. The third-order valence-electron chi connectivity index (χ3n) is 3.95. The number of nitrogens with zero attached hydrogens (tertiary/aromatic N) is 1. The van der Waals surface area contributed by atoms with E-state index in [1.807, 2.05) is 20.8 Å². The lowest BCUT2D eigenvalue weighted by molar-refractivity contribution is 0.180. The molecule has 1 fully saturated rings. The molecule has 0 saturated carbocycles. The van der Waals surface area contributed by atoms with Crippen LogP contribution in [0.1, 0.15) is 38.9 Å². The van der Waals surface area contributed by atoms with Crippen LogP contribution in [-0.4, -0.2) is 37.3 Å². The number of hydrogen-bond donors (Lipinski definition) is 2. The van der Waals surface area contributed by atoms with Gasteiger partial charge in [-0.1, -0.05) is 0 Å². The van der Waals surface area contributed by atoms with Crippen LogP contribution in [0, 0.1) is 5.92 Å². The quantitative estimate of drug-likeness (QED) is 0.828. The topological polar surface area (TPSA) is 80.6 Å². The van der Waals surface area contributed by atoms with Crippen LogP contribution in [0.2, 0.25) is 0 Å². The molecule has 1 aromatic rings. The maximum absolute atomic E-state index is 12.5. The minimum Gasteiger partial charge on any atom is -0.390 e. The molecule has 1 aromatic heterocycles. The number of aromatic nitrogens is 1. The monoisotopic (exact) mass is 316 g/mol. The van der Waals surface area contributed by atoms with Crippen molar-refractivity contribution in [1.29, 1.82) is 0 Å². The second-order valence-corrected chi connectivity index (χ2v) is 7.57. The van der Waals surface area contributed by atoms with Gasteiger partial charge in [-0.2, -0.15) is 0 Å². The highest BCUT2D eigenvalue weighted by atomic mass is 32.2. The van der Waals surface area contributed by atoms with E-state index in [4.69, 9.17) is 4.74 Å². The number of hydrogen-bond acceptors (Lipinski definition) is 4. The zero-order valence-corrected chi connectivity index (χ0v) is 13.6. The molecular weight excluding hydrogens is 292 g/mol.